The van der Waals surface area contributed by atoms with Crippen LogP contribution < -0.4 is 5.32 Å². The topological polar surface area (TPSA) is 12.0 Å². The van der Waals surface area contributed by atoms with Crippen LogP contribution >= 0.6 is 27.5 Å². The van der Waals surface area contributed by atoms with E-state index in [-0.39, 0.29) is 6.04 Å². The summed E-state index contributed by atoms with van der Waals surface area (Å²) in [5.74, 6) is 0. The number of hydrogen-bond acceptors (Lipinski definition) is 1. The molecule has 0 aliphatic heterocycles. The number of aryl methyl sites for hydroxylation is 2. The Hall–Kier alpha value is -0.990. The molecule has 1 atom stereocenters. The van der Waals surface area contributed by atoms with E-state index in [0.29, 0.717) is 0 Å². The number of halogens is 2. The molecule has 0 spiro atoms. The van der Waals surface area contributed by atoms with E-state index >= 15 is 0 Å². The molecule has 1 unspecified atom stereocenters. The predicted octanol–water partition coefficient (Wildman–Crippen LogP) is 5.76. The Balaban J connectivity index is 1.82. The van der Waals surface area contributed by atoms with E-state index in [2.05, 4.69) is 46.4 Å². The average molecular weight is 351 g/mol. The van der Waals surface area contributed by atoms with Gasteiger partial charge in [0.2, 0.25) is 0 Å². The van der Waals surface area contributed by atoms with Crippen LogP contribution in [0.4, 0.5) is 5.69 Å². The van der Waals surface area contributed by atoms with E-state index in [1.54, 1.807) is 0 Å². The first kappa shape index (κ1) is 14.0. The fourth-order valence-corrected chi connectivity index (χ4v) is 3.35. The van der Waals surface area contributed by atoms with Gasteiger partial charge >= 0.3 is 0 Å². The van der Waals surface area contributed by atoms with Gasteiger partial charge in [0.25, 0.3) is 0 Å². The first-order chi connectivity index (χ1) is 9.65. The maximum absolute atomic E-state index is 6.13. The van der Waals surface area contributed by atoms with E-state index in [1.165, 1.54) is 36.0 Å². The molecule has 0 fully saturated rings. The third-order valence-corrected chi connectivity index (χ3v) is 5.34. The second kappa shape index (κ2) is 5.79. The highest BCUT2D eigenvalue weighted by molar-refractivity contribution is 9.10. The second-order valence-electron chi connectivity index (χ2n) is 5.35. The summed E-state index contributed by atoms with van der Waals surface area (Å²) in [6.45, 7) is 2.18. The number of rotatable bonds is 3. The molecule has 1 N–H and O–H groups in total. The summed E-state index contributed by atoms with van der Waals surface area (Å²) >= 11 is 9.67. The molecule has 1 nitrogen and oxygen atoms in total. The van der Waals surface area contributed by atoms with Crippen molar-refractivity contribution in [2.45, 2.75) is 32.2 Å². The van der Waals surface area contributed by atoms with Gasteiger partial charge in [-0.1, -0.05) is 35.9 Å². The number of anilines is 1. The fourth-order valence-electron chi connectivity index (χ4n) is 2.79. The minimum absolute atomic E-state index is 0.260. The highest BCUT2D eigenvalue weighted by Gasteiger charge is 2.14. The lowest BCUT2D eigenvalue weighted by atomic mass is 10.0. The van der Waals surface area contributed by atoms with Crippen LogP contribution in [-0.4, -0.2) is 0 Å². The monoisotopic (exact) mass is 349 g/mol. The van der Waals surface area contributed by atoms with Crippen LogP contribution in [0.3, 0.4) is 0 Å². The van der Waals surface area contributed by atoms with Gasteiger partial charge in [-0.05, 0) is 70.9 Å². The van der Waals surface area contributed by atoms with Gasteiger partial charge in [0.1, 0.15) is 0 Å². The number of nitrogens with one attached hydrogen (secondary N) is 1. The quantitative estimate of drug-likeness (QED) is 0.741. The van der Waals surface area contributed by atoms with Crippen molar-refractivity contribution in [2.75, 3.05) is 5.32 Å². The molecular formula is C17H17BrClN. The van der Waals surface area contributed by atoms with Crippen LogP contribution in [-0.2, 0) is 12.8 Å². The van der Waals surface area contributed by atoms with E-state index in [9.17, 15) is 0 Å². The van der Waals surface area contributed by atoms with Gasteiger partial charge < -0.3 is 5.32 Å². The van der Waals surface area contributed by atoms with Crippen molar-refractivity contribution in [3.8, 4) is 0 Å². The van der Waals surface area contributed by atoms with E-state index in [4.69, 9.17) is 11.6 Å². The molecule has 0 amide bonds. The van der Waals surface area contributed by atoms with Gasteiger partial charge in [-0.15, -0.1) is 0 Å². The van der Waals surface area contributed by atoms with Gasteiger partial charge in [-0.3, -0.25) is 0 Å². The van der Waals surface area contributed by atoms with Crippen molar-refractivity contribution in [1.29, 1.82) is 0 Å². The Morgan fingerprint density at radius 3 is 2.80 bits per heavy atom. The van der Waals surface area contributed by atoms with Crippen LogP contribution in [0, 0.1) is 0 Å². The number of benzene rings is 2. The molecule has 20 heavy (non-hydrogen) atoms. The van der Waals surface area contributed by atoms with E-state index in [0.717, 1.165) is 15.2 Å². The zero-order valence-electron chi connectivity index (χ0n) is 11.4. The predicted molar refractivity (Wildman–Crippen MR) is 89.7 cm³/mol. The molecule has 0 aromatic heterocycles. The largest absolute Gasteiger partial charge is 0.378 e. The maximum atomic E-state index is 6.13. The molecule has 0 bridgehead atoms. The maximum Gasteiger partial charge on any atom is 0.0593 e. The van der Waals surface area contributed by atoms with Crippen LogP contribution in [0.15, 0.2) is 40.9 Å². The second-order valence-corrected chi connectivity index (χ2v) is 6.55. The van der Waals surface area contributed by atoms with E-state index in [1.807, 2.05) is 18.2 Å². The molecule has 0 heterocycles. The SMILES string of the molecule is CC(Nc1cccc(Cl)c1Br)c1ccc2c(c1)CCC2. The van der Waals surface area contributed by atoms with E-state index < -0.39 is 0 Å². The van der Waals surface area contributed by atoms with Crippen LogP contribution in [0.25, 0.3) is 0 Å². The molecule has 0 saturated heterocycles. The molecule has 2 aromatic rings. The molecule has 1 aliphatic rings. The van der Waals surface area contributed by atoms with Gasteiger partial charge in [-0.2, -0.15) is 0 Å². The van der Waals surface area contributed by atoms with Crippen molar-refractivity contribution in [2.24, 2.45) is 0 Å². The van der Waals surface area contributed by atoms with Crippen molar-refractivity contribution in [3.63, 3.8) is 0 Å². The zero-order chi connectivity index (χ0) is 14.1. The zero-order valence-corrected chi connectivity index (χ0v) is 13.8. The Morgan fingerprint density at radius 2 is 1.95 bits per heavy atom. The standard InChI is InChI=1S/C17H17BrClN/c1-11(20-16-7-3-6-15(19)17(16)18)13-9-8-12-4-2-5-14(12)10-13/h3,6-11,20H,2,4-5H2,1H3. The van der Waals surface area contributed by atoms with Crippen molar-refractivity contribution < 1.29 is 0 Å². The average Bonchev–Trinajstić information content (AvgIpc) is 2.91. The molecule has 3 heteroatoms. The highest BCUT2D eigenvalue weighted by atomic mass is 79.9. The summed E-state index contributed by atoms with van der Waals surface area (Å²) in [6.07, 6.45) is 3.74. The number of hydrogen-bond donors (Lipinski definition) is 1. The molecule has 3 rings (SSSR count). The summed E-state index contributed by atoms with van der Waals surface area (Å²) < 4.78 is 0.926. The first-order valence-corrected chi connectivity index (χ1v) is 8.14. The van der Waals surface area contributed by atoms with Gasteiger partial charge in [0.05, 0.1) is 15.2 Å². The van der Waals surface area contributed by atoms with Crippen LogP contribution in [0.2, 0.25) is 5.02 Å². The minimum atomic E-state index is 0.260. The Kier molecular flexibility index (Phi) is 4.04. The lowest BCUT2D eigenvalue weighted by Crippen LogP contribution is -2.07. The van der Waals surface area contributed by atoms with Crippen molar-refractivity contribution in [1.82, 2.24) is 0 Å². The Bertz CT molecular complexity index is 639. The summed E-state index contributed by atoms with van der Waals surface area (Å²) in [6, 6.07) is 13.0. The Morgan fingerprint density at radius 1 is 1.15 bits per heavy atom. The smallest absolute Gasteiger partial charge is 0.0593 e. The lowest BCUT2D eigenvalue weighted by molar-refractivity contribution is 0.878. The van der Waals surface area contributed by atoms with Crippen molar-refractivity contribution in [3.05, 3.63) is 62.6 Å². The molecule has 1 aliphatic carbocycles. The summed E-state index contributed by atoms with van der Waals surface area (Å²) in [7, 11) is 0. The minimum Gasteiger partial charge on any atom is -0.378 e. The Labute approximate surface area is 133 Å². The first-order valence-electron chi connectivity index (χ1n) is 6.97. The fraction of sp³-hybridized carbons (Fsp3) is 0.294. The van der Waals surface area contributed by atoms with Gasteiger partial charge in [0, 0.05) is 6.04 Å². The highest BCUT2D eigenvalue weighted by Crippen LogP contribution is 2.33. The summed E-state index contributed by atoms with van der Waals surface area (Å²) in [5, 5.41) is 4.26. The summed E-state index contributed by atoms with van der Waals surface area (Å²) in [4.78, 5) is 0. The van der Waals surface area contributed by atoms with Gasteiger partial charge in [0.15, 0.2) is 0 Å². The van der Waals surface area contributed by atoms with Crippen LogP contribution in [0.5, 0.6) is 0 Å². The number of fused-ring (bicyclic) bond motifs is 1. The lowest BCUT2D eigenvalue weighted by Gasteiger charge is -2.18. The molecule has 104 valence electrons. The van der Waals surface area contributed by atoms with Crippen molar-refractivity contribution >= 4 is 33.2 Å². The summed E-state index contributed by atoms with van der Waals surface area (Å²) in [5.41, 5.74) is 5.40. The molecule has 0 saturated carbocycles. The normalized spacial score (nSPS) is 14.9. The third-order valence-electron chi connectivity index (χ3n) is 3.95. The van der Waals surface area contributed by atoms with Crippen LogP contribution in [0.1, 0.15) is 36.1 Å². The molecular weight excluding hydrogens is 334 g/mol. The van der Waals surface area contributed by atoms with Gasteiger partial charge in [-0.25, -0.2) is 0 Å². The molecule has 2 aromatic carbocycles. The third kappa shape index (κ3) is 2.72. The molecule has 0 radical (unpaired) electrons.